The van der Waals surface area contributed by atoms with Gasteiger partial charge in [0.05, 0.1) is 6.54 Å². The number of aryl methyl sites for hydroxylation is 1. The van der Waals surface area contributed by atoms with E-state index in [1.54, 1.807) is 0 Å². The highest BCUT2D eigenvalue weighted by molar-refractivity contribution is 4.87. The summed E-state index contributed by atoms with van der Waals surface area (Å²) in [6, 6.07) is 0.630. The fraction of sp³-hybridized carbons (Fsp3) is 0.846. The molecule has 1 aliphatic heterocycles. The van der Waals surface area contributed by atoms with Gasteiger partial charge >= 0.3 is 0 Å². The minimum Gasteiger partial charge on any atom is -0.338 e. The lowest BCUT2D eigenvalue weighted by Crippen LogP contribution is -2.37. The summed E-state index contributed by atoms with van der Waals surface area (Å²) in [4.78, 5) is 6.80. The Kier molecular flexibility index (Phi) is 5.13. The number of aromatic nitrogens is 2. The van der Waals surface area contributed by atoms with Gasteiger partial charge in [0, 0.05) is 19.0 Å². The third kappa shape index (κ3) is 3.78. The van der Waals surface area contributed by atoms with Crippen molar-refractivity contribution in [2.24, 2.45) is 0 Å². The Morgan fingerprint density at radius 3 is 2.94 bits per heavy atom. The number of hydrogen-bond acceptors (Lipinski definition) is 5. The van der Waals surface area contributed by atoms with Crippen molar-refractivity contribution in [1.82, 2.24) is 20.4 Å². The van der Waals surface area contributed by atoms with Gasteiger partial charge in [0.15, 0.2) is 5.82 Å². The summed E-state index contributed by atoms with van der Waals surface area (Å²) in [6.07, 6.45) is 4.57. The van der Waals surface area contributed by atoms with Crippen LogP contribution in [0.1, 0.15) is 44.8 Å². The summed E-state index contributed by atoms with van der Waals surface area (Å²) in [7, 11) is 0. The highest BCUT2D eigenvalue weighted by Crippen LogP contribution is 2.10. The maximum atomic E-state index is 5.27. The van der Waals surface area contributed by atoms with Gasteiger partial charge in [-0.2, -0.15) is 4.98 Å². The van der Waals surface area contributed by atoms with Gasteiger partial charge in [0.25, 0.3) is 0 Å². The van der Waals surface area contributed by atoms with Crippen molar-refractivity contribution in [3.8, 4) is 0 Å². The van der Waals surface area contributed by atoms with Crippen LogP contribution in [0.4, 0.5) is 0 Å². The SMILES string of the molecule is CCCN(Cc1nc(CC)no1)CC1CCCN1. The van der Waals surface area contributed by atoms with Crippen molar-refractivity contribution in [1.29, 1.82) is 0 Å². The second kappa shape index (κ2) is 6.85. The average molecular weight is 252 g/mol. The van der Waals surface area contributed by atoms with E-state index in [1.165, 1.54) is 12.8 Å². The van der Waals surface area contributed by atoms with Crippen molar-refractivity contribution >= 4 is 0 Å². The van der Waals surface area contributed by atoms with Crippen LogP contribution in [-0.4, -0.2) is 40.7 Å². The zero-order valence-corrected chi connectivity index (χ0v) is 11.5. The van der Waals surface area contributed by atoms with Gasteiger partial charge in [0.1, 0.15) is 0 Å². The van der Waals surface area contributed by atoms with Gasteiger partial charge in [-0.3, -0.25) is 4.90 Å². The van der Waals surface area contributed by atoms with Crippen molar-refractivity contribution in [3.63, 3.8) is 0 Å². The van der Waals surface area contributed by atoms with Gasteiger partial charge in [-0.05, 0) is 32.4 Å². The third-order valence-electron chi connectivity index (χ3n) is 3.37. The maximum absolute atomic E-state index is 5.27. The molecule has 2 rings (SSSR count). The Morgan fingerprint density at radius 1 is 1.44 bits per heavy atom. The highest BCUT2D eigenvalue weighted by atomic mass is 16.5. The van der Waals surface area contributed by atoms with Crippen LogP contribution in [0, 0.1) is 0 Å². The second-order valence-electron chi connectivity index (χ2n) is 4.99. The molecule has 1 saturated heterocycles. The second-order valence-corrected chi connectivity index (χ2v) is 4.99. The lowest BCUT2D eigenvalue weighted by molar-refractivity contribution is 0.209. The Morgan fingerprint density at radius 2 is 2.33 bits per heavy atom. The quantitative estimate of drug-likeness (QED) is 0.798. The van der Waals surface area contributed by atoms with Crippen molar-refractivity contribution in [2.75, 3.05) is 19.6 Å². The zero-order chi connectivity index (χ0) is 12.8. The minimum atomic E-state index is 0.630. The van der Waals surface area contributed by atoms with E-state index in [1.807, 2.05) is 6.92 Å². The normalized spacial score (nSPS) is 19.8. The van der Waals surface area contributed by atoms with E-state index < -0.39 is 0 Å². The molecule has 1 unspecified atom stereocenters. The van der Waals surface area contributed by atoms with E-state index in [2.05, 4.69) is 27.3 Å². The number of hydrogen-bond donors (Lipinski definition) is 1. The average Bonchev–Trinajstić information content (AvgIpc) is 3.00. The molecule has 5 nitrogen and oxygen atoms in total. The van der Waals surface area contributed by atoms with Crippen LogP contribution in [0.15, 0.2) is 4.52 Å². The van der Waals surface area contributed by atoms with Crippen molar-refractivity contribution in [3.05, 3.63) is 11.7 Å². The number of rotatable bonds is 7. The standard InChI is InChI=1S/C13H24N4O/c1-3-8-17(9-11-6-5-7-14-11)10-13-15-12(4-2)16-18-13/h11,14H,3-10H2,1-2H3. The van der Waals surface area contributed by atoms with Crippen LogP contribution < -0.4 is 5.32 Å². The molecule has 1 N–H and O–H groups in total. The molecule has 2 heterocycles. The van der Waals surface area contributed by atoms with Crippen molar-refractivity contribution < 1.29 is 4.52 Å². The molecule has 1 aromatic rings. The monoisotopic (exact) mass is 252 g/mol. The molecule has 5 heteroatoms. The Balaban J connectivity index is 1.87. The van der Waals surface area contributed by atoms with Gasteiger partial charge in [-0.15, -0.1) is 0 Å². The van der Waals surface area contributed by atoms with E-state index in [0.717, 1.165) is 50.7 Å². The Labute approximate surface area is 109 Å². The molecule has 0 radical (unpaired) electrons. The van der Waals surface area contributed by atoms with E-state index in [4.69, 9.17) is 4.52 Å². The van der Waals surface area contributed by atoms with E-state index in [0.29, 0.717) is 6.04 Å². The fourth-order valence-electron chi connectivity index (χ4n) is 2.46. The molecule has 18 heavy (non-hydrogen) atoms. The van der Waals surface area contributed by atoms with E-state index in [9.17, 15) is 0 Å². The Bertz CT molecular complexity index is 347. The molecule has 1 atom stereocenters. The lowest BCUT2D eigenvalue weighted by atomic mass is 10.2. The molecular formula is C13H24N4O. The predicted octanol–water partition coefficient (Wildman–Crippen LogP) is 1.60. The van der Waals surface area contributed by atoms with Crippen LogP contribution >= 0.6 is 0 Å². The lowest BCUT2D eigenvalue weighted by Gasteiger charge is -2.23. The molecule has 0 aromatic carbocycles. The molecule has 0 amide bonds. The number of nitrogens with one attached hydrogen (secondary N) is 1. The topological polar surface area (TPSA) is 54.2 Å². The summed E-state index contributed by atoms with van der Waals surface area (Å²) in [6.45, 7) is 8.35. The first-order chi connectivity index (χ1) is 8.81. The van der Waals surface area contributed by atoms with Crippen LogP contribution in [0.3, 0.4) is 0 Å². The Hall–Kier alpha value is -0.940. The molecule has 0 spiro atoms. The summed E-state index contributed by atoms with van der Waals surface area (Å²) in [5, 5.41) is 7.49. The molecule has 0 saturated carbocycles. The highest BCUT2D eigenvalue weighted by Gasteiger charge is 2.19. The van der Waals surface area contributed by atoms with E-state index >= 15 is 0 Å². The summed E-state index contributed by atoms with van der Waals surface area (Å²) >= 11 is 0. The van der Waals surface area contributed by atoms with Crippen LogP contribution in [0.2, 0.25) is 0 Å². The number of nitrogens with zero attached hydrogens (tertiary/aromatic N) is 3. The molecule has 1 aromatic heterocycles. The van der Waals surface area contributed by atoms with Crippen LogP contribution in [-0.2, 0) is 13.0 Å². The molecule has 0 bridgehead atoms. The summed E-state index contributed by atoms with van der Waals surface area (Å²) < 4.78 is 5.27. The first-order valence-electron chi connectivity index (χ1n) is 7.09. The minimum absolute atomic E-state index is 0.630. The van der Waals surface area contributed by atoms with Gasteiger partial charge in [0.2, 0.25) is 5.89 Å². The zero-order valence-electron chi connectivity index (χ0n) is 11.5. The van der Waals surface area contributed by atoms with Gasteiger partial charge in [-0.1, -0.05) is 19.0 Å². The molecule has 1 aliphatic rings. The molecule has 1 fully saturated rings. The fourth-order valence-corrected chi connectivity index (χ4v) is 2.46. The summed E-state index contributed by atoms with van der Waals surface area (Å²) in [5.74, 6) is 1.55. The van der Waals surface area contributed by atoms with Gasteiger partial charge < -0.3 is 9.84 Å². The van der Waals surface area contributed by atoms with Crippen molar-refractivity contribution in [2.45, 2.75) is 52.1 Å². The van der Waals surface area contributed by atoms with Gasteiger partial charge in [-0.25, -0.2) is 0 Å². The maximum Gasteiger partial charge on any atom is 0.240 e. The predicted molar refractivity (Wildman–Crippen MR) is 70.3 cm³/mol. The van der Waals surface area contributed by atoms with Crippen LogP contribution in [0.5, 0.6) is 0 Å². The largest absolute Gasteiger partial charge is 0.338 e. The third-order valence-corrected chi connectivity index (χ3v) is 3.37. The molecule has 102 valence electrons. The van der Waals surface area contributed by atoms with E-state index in [-0.39, 0.29) is 0 Å². The van der Waals surface area contributed by atoms with Crippen LogP contribution in [0.25, 0.3) is 0 Å². The molecule has 0 aliphatic carbocycles. The first-order valence-corrected chi connectivity index (χ1v) is 7.09. The summed E-state index contributed by atoms with van der Waals surface area (Å²) in [5.41, 5.74) is 0. The molecular weight excluding hydrogens is 228 g/mol. The smallest absolute Gasteiger partial charge is 0.240 e. The first kappa shape index (κ1) is 13.5.